The lowest BCUT2D eigenvalue weighted by Gasteiger charge is -2.45. The average Bonchev–Trinajstić information content (AvgIpc) is 2.51. The Hall–Kier alpha value is -1.63. The van der Waals surface area contributed by atoms with Gasteiger partial charge in [0, 0.05) is 19.1 Å². The predicted octanol–water partition coefficient (Wildman–Crippen LogP) is 2.23. The number of nitrogens with zero attached hydrogens (tertiary/aromatic N) is 2. The maximum Gasteiger partial charge on any atom is 0.250 e. The van der Waals surface area contributed by atoms with Crippen molar-refractivity contribution in [1.29, 1.82) is 0 Å². The highest BCUT2D eigenvalue weighted by Crippen LogP contribution is 2.37. The first-order chi connectivity index (χ1) is 11.6. The van der Waals surface area contributed by atoms with Gasteiger partial charge in [-0.05, 0) is 37.8 Å². The lowest BCUT2D eigenvalue weighted by atomic mass is 9.79. The number of hydrogen-bond donors (Lipinski definition) is 2. The van der Waals surface area contributed by atoms with Crippen molar-refractivity contribution in [3.63, 3.8) is 0 Å². The molecule has 144 valence electrons. The first-order valence-electron chi connectivity index (χ1n) is 8.84. The zero-order chi connectivity index (χ0) is 18.4. The molecule has 1 aromatic rings. The fraction of sp³-hybridized carbons (Fsp3) is 0.579. The van der Waals surface area contributed by atoms with E-state index in [0.29, 0.717) is 12.2 Å². The SMILES string of the molecule is CC1(C)CN(CC(=O)N2c3ccccc3NC(=O)C2(C)C)CCC1N.Cl. The van der Waals surface area contributed by atoms with Crippen LogP contribution < -0.4 is 16.0 Å². The maximum atomic E-state index is 13.2. The second-order valence-corrected chi connectivity index (χ2v) is 8.35. The Morgan fingerprint density at radius 1 is 1.27 bits per heavy atom. The number of rotatable bonds is 2. The maximum absolute atomic E-state index is 13.2. The number of benzene rings is 1. The molecule has 3 rings (SSSR count). The van der Waals surface area contributed by atoms with Crippen LogP contribution in [0.4, 0.5) is 11.4 Å². The summed E-state index contributed by atoms with van der Waals surface area (Å²) in [6.45, 7) is 9.73. The van der Waals surface area contributed by atoms with Gasteiger partial charge in [-0.2, -0.15) is 0 Å². The smallest absolute Gasteiger partial charge is 0.250 e. The summed E-state index contributed by atoms with van der Waals surface area (Å²) >= 11 is 0. The largest absolute Gasteiger partial charge is 0.327 e. The van der Waals surface area contributed by atoms with E-state index in [9.17, 15) is 9.59 Å². The van der Waals surface area contributed by atoms with E-state index in [1.54, 1.807) is 18.7 Å². The highest BCUT2D eigenvalue weighted by atomic mass is 35.5. The van der Waals surface area contributed by atoms with Crippen molar-refractivity contribution in [3.05, 3.63) is 24.3 Å². The quantitative estimate of drug-likeness (QED) is 0.824. The molecule has 0 radical (unpaired) electrons. The molecule has 2 heterocycles. The highest BCUT2D eigenvalue weighted by molar-refractivity contribution is 6.14. The summed E-state index contributed by atoms with van der Waals surface area (Å²) in [4.78, 5) is 29.4. The van der Waals surface area contributed by atoms with Crippen LogP contribution in [0.15, 0.2) is 24.3 Å². The molecule has 3 N–H and O–H groups in total. The minimum absolute atomic E-state index is 0. The van der Waals surface area contributed by atoms with Gasteiger partial charge in [0.25, 0.3) is 0 Å². The third kappa shape index (κ3) is 3.59. The van der Waals surface area contributed by atoms with Crippen LogP contribution >= 0.6 is 12.4 Å². The molecule has 0 saturated carbocycles. The van der Waals surface area contributed by atoms with Crippen molar-refractivity contribution < 1.29 is 9.59 Å². The lowest BCUT2D eigenvalue weighted by Crippen LogP contribution is -2.61. The summed E-state index contributed by atoms with van der Waals surface area (Å²) in [5.41, 5.74) is 6.69. The molecule has 1 unspecified atom stereocenters. The normalized spacial score (nSPS) is 24.3. The second kappa shape index (κ2) is 7.18. The molecular formula is C19H29ClN4O2. The molecule has 26 heavy (non-hydrogen) atoms. The minimum atomic E-state index is -0.923. The van der Waals surface area contributed by atoms with Crippen LogP contribution in [0.25, 0.3) is 0 Å². The summed E-state index contributed by atoms with van der Waals surface area (Å²) in [6.07, 6.45) is 0.876. The summed E-state index contributed by atoms with van der Waals surface area (Å²) in [6, 6.07) is 7.59. The van der Waals surface area contributed by atoms with Gasteiger partial charge in [-0.25, -0.2) is 0 Å². The summed E-state index contributed by atoms with van der Waals surface area (Å²) in [7, 11) is 0. The molecule has 6 nitrogen and oxygen atoms in total. The number of para-hydroxylation sites is 2. The van der Waals surface area contributed by atoms with Gasteiger partial charge in [-0.15, -0.1) is 12.4 Å². The third-order valence-corrected chi connectivity index (χ3v) is 5.51. The van der Waals surface area contributed by atoms with Crippen molar-refractivity contribution in [3.8, 4) is 0 Å². The first-order valence-corrected chi connectivity index (χ1v) is 8.84. The van der Waals surface area contributed by atoms with Gasteiger partial charge in [-0.3, -0.25) is 19.4 Å². The summed E-state index contributed by atoms with van der Waals surface area (Å²) < 4.78 is 0. The molecule has 2 amide bonds. The fourth-order valence-corrected chi connectivity index (χ4v) is 3.78. The van der Waals surface area contributed by atoms with Gasteiger partial charge in [0.15, 0.2) is 0 Å². The van der Waals surface area contributed by atoms with Crippen LogP contribution in [0, 0.1) is 5.41 Å². The molecule has 2 aliphatic heterocycles. The van der Waals surface area contributed by atoms with Crippen LogP contribution in [-0.4, -0.2) is 47.9 Å². The van der Waals surface area contributed by atoms with Crippen LogP contribution in [0.1, 0.15) is 34.1 Å². The van der Waals surface area contributed by atoms with Gasteiger partial charge in [0.1, 0.15) is 5.54 Å². The Kier molecular flexibility index (Phi) is 5.71. The van der Waals surface area contributed by atoms with Crippen LogP contribution in [-0.2, 0) is 9.59 Å². The first kappa shape index (κ1) is 20.7. The van der Waals surface area contributed by atoms with E-state index in [1.807, 2.05) is 24.3 Å². The Morgan fingerprint density at radius 3 is 2.58 bits per heavy atom. The standard InChI is InChI=1S/C19H28N4O2.ClH/c1-18(2)12-22(10-9-15(18)20)11-16(24)23-14-8-6-5-7-13(14)21-17(25)19(23,3)4;/h5-8,15H,9-12,20H2,1-4H3,(H,21,25);1H. The monoisotopic (exact) mass is 380 g/mol. The molecule has 2 aliphatic rings. The Balaban J connectivity index is 0.00000243. The van der Waals surface area contributed by atoms with Crippen LogP contribution in [0.5, 0.6) is 0 Å². The Labute approximate surface area is 161 Å². The van der Waals surface area contributed by atoms with E-state index in [2.05, 4.69) is 24.1 Å². The minimum Gasteiger partial charge on any atom is -0.327 e. The highest BCUT2D eigenvalue weighted by Gasteiger charge is 2.44. The van der Waals surface area contributed by atoms with E-state index >= 15 is 0 Å². The van der Waals surface area contributed by atoms with E-state index < -0.39 is 5.54 Å². The molecule has 0 aliphatic carbocycles. The van der Waals surface area contributed by atoms with Crippen molar-refractivity contribution >= 4 is 35.6 Å². The zero-order valence-electron chi connectivity index (χ0n) is 15.9. The van der Waals surface area contributed by atoms with Crippen molar-refractivity contribution in [1.82, 2.24) is 4.90 Å². The van der Waals surface area contributed by atoms with Crippen LogP contribution in [0.3, 0.4) is 0 Å². The number of nitrogens with one attached hydrogen (secondary N) is 1. The van der Waals surface area contributed by atoms with Gasteiger partial charge in [0.05, 0.1) is 17.9 Å². The fourth-order valence-electron chi connectivity index (χ4n) is 3.78. The topological polar surface area (TPSA) is 78.7 Å². The van der Waals surface area contributed by atoms with Gasteiger partial charge in [0.2, 0.25) is 11.8 Å². The summed E-state index contributed by atoms with van der Waals surface area (Å²) in [5.74, 6) is -0.223. The molecule has 1 atom stereocenters. The number of likely N-dealkylation sites (tertiary alicyclic amines) is 1. The van der Waals surface area contributed by atoms with Gasteiger partial charge < -0.3 is 11.1 Å². The number of amides is 2. The van der Waals surface area contributed by atoms with Crippen molar-refractivity contribution in [2.45, 2.75) is 45.7 Å². The van der Waals surface area contributed by atoms with E-state index in [1.165, 1.54) is 0 Å². The average molecular weight is 381 g/mol. The number of anilines is 2. The number of carbonyl (C=O) groups excluding carboxylic acids is 2. The summed E-state index contributed by atoms with van der Waals surface area (Å²) in [5, 5.41) is 2.89. The predicted molar refractivity (Wildman–Crippen MR) is 107 cm³/mol. The lowest BCUT2D eigenvalue weighted by molar-refractivity contribution is -0.127. The molecule has 1 saturated heterocycles. The molecule has 0 aromatic heterocycles. The Bertz CT molecular complexity index is 705. The molecule has 1 aromatic carbocycles. The van der Waals surface area contributed by atoms with Crippen molar-refractivity contribution in [2.75, 3.05) is 29.9 Å². The third-order valence-electron chi connectivity index (χ3n) is 5.51. The molecule has 0 bridgehead atoms. The van der Waals surface area contributed by atoms with E-state index in [-0.39, 0.29) is 35.7 Å². The van der Waals surface area contributed by atoms with Crippen LogP contribution in [0.2, 0.25) is 0 Å². The molecule has 0 spiro atoms. The second-order valence-electron chi connectivity index (χ2n) is 8.35. The molecule has 1 fully saturated rings. The van der Waals surface area contributed by atoms with Gasteiger partial charge in [-0.1, -0.05) is 26.0 Å². The number of nitrogens with two attached hydrogens (primary N) is 1. The molecular weight excluding hydrogens is 352 g/mol. The zero-order valence-corrected chi connectivity index (χ0v) is 16.7. The Morgan fingerprint density at radius 2 is 1.92 bits per heavy atom. The van der Waals surface area contributed by atoms with Gasteiger partial charge >= 0.3 is 0 Å². The number of carbonyl (C=O) groups is 2. The van der Waals surface area contributed by atoms with Crippen molar-refractivity contribution in [2.24, 2.45) is 11.1 Å². The molecule has 7 heteroatoms. The number of fused-ring (bicyclic) bond motifs is 1. The number of piperidine rings is 1. The number of halogens is 1. The number of hydrogen-bond acceptors (Lipinski definition) is 4. The van der Waals surface area contributed by atoms with E-state index in [4.69, 9.17) is 5.73 Å². The van der Waals surface area contributed by atoms with E-state index in [0.717, 1.165) is 25.2 Å².